The van der Waals surface area contributed by atoms with Crippen molar-refractivity contribution in [3.05, 3.63) is 59.1 Å². The van der Waals surface area contributed by atoms with Gasteiger partial charge in [-0.25, -0.2) is 13.1 Å². The van der Waals surface area contributed by atoms with Gasteiger partial charge in [0.25, 0.3) is 0 Å². The summed E-state index contributed by atoms with van der Waals surface area (Å²) in [6.45, 7) is 1.66. The van der Waals surface area contributed by atoms with E-state index in [2.05, 4.69) is 10.0 Å². The number of hydrogen-bond donors (Lipinski definition) is 2. The number of halogens is 1. The van der Waals surface area contributed by atoms with E-state index in [-0.39, 0.29) is 11.4 Å². The maximum atomic E-state index is 12.1. The van der Waals surface area contributed by atoms with Crippen LogP contribution in [0.25, 0.3) is 0 Å². The Morgan fingerprint density at radius 1 is 1.13 bits per heavy atom. The molecule has 0 fully saturated rings. The van der Waals surface area contributed by atoms with Gasteiger partial charge in [-0.3, -0.25) is 4.79 Å². The molecule has 23 heavy (non-hydrogen) atoms. The minimum Gasteiger partial charge on any atom is -0.325 e. The lowest BCUT2D eigenvalue weighted by Gasteiger charge is -2.09. The van der Waals surface area contributed by atoms with Gasteiger partial charge >= 0.3 is 0 Å². The minimum atomic E-state index is -3.78. The van der Waals surface area contributed by atoms with Gasteiger partial charge in [0.05, 0.1) is 11.4 Å². The Bertz CT molecular complexity index is 806. The predicted octanol–water partition coefficient (Wildman–Crippen LogP) is 2.82. The van der Waals surface area contributed by atoms with E-state index < -0.39 is 15.9 Å². The number of aryl methyl sites for hydroxylation is 1. The number of anilines is 1. The summed E-state index contributed by atoms with van der Waals surface area (Å²) in [6.07, 6.45) is 0.852. The molecule has 122 valence electrons. The van der Waals surface area contributed by atoms with Crippen molar-refractivity contribution in [1.29, 1.82) is 0 Å². The van der Waals surface area contributed by atoms with Crippen molar-refractivity contribution >= 4 is 33.2 Å². The van der Waals surface area contributed by atoms with Gasteiger partial charge in [0.1, 0.15) is 0 Å². The van der Waals surface area contributed by atoms with E-state index in [9.17, 15) is 13.2 Å². The molecule has 0 aliphatic rings. The molecule has 0 saturated carbocycles. The molecule has 0 radical (unpaired) electrons. The van der Waals surface area contributed by atoms with Crippen LogP contribution in [0, 0.1) is 0 Å². The smallest absolute Gasteiger partial charge is 0.241 e. The minimum absolute atomic E-state index is 0.0192. The third-order valence-corrected chi connectivity index (χ3v) is 4.78. The molecule has 0 aromatic heterocycles. The lowest BCUT2D eigenvalue weighted by Crippen LogP contribution is -2.32. The third-order valence-electron chi connectivity index (χ3n) is 3.15. The van der Waals surface area contributed by atoms with E-state index in [1.807, 2.05) is 25.1 Å². The summed E-state index contributed by atoms with van der Waals surface area (Å²) in [7, 11) is -3.78. The summed E-state index contributed by atoms with van der Waals surface area (Å²) >= 11 is 5.78. The zero-order valence-electron chi connectivity index (χ0n) is 12.5. The molecule has 0 atom stereocenters. The van der Waals surface area contributed by atoms with Crippen molar-refractivity contribution in [2.45, 2.75) is 18.2 Å². The lowest BCUT2D eigenvalue weighted by molar-refractivity contribution is -0.115. The summed E-state index contributed by atoms with van der Waals surface area (Å²) < 4.78 is 26.4. The van der Waals surface area contributed by atoms with E-state index in [0.29, 0.717) is 10.7 Å². The highest BCUT2D eigenvalue weighted by Crippen LogP contribution is 2.15. The standard InChI is InChI=1S/C16H17ClN2O3S/c1-2-12-5-3-7-14(9-12)19-16(20)11-18-23(21,22)15-8-4-6-13(17)10-15/h3-10,18H,2,11H2,1H3,(H,19,20). The number of hydrogen-bond acceptors (Lipinski definition) is 3. The molecular weight excluding hydrogens is 336 g/mol. The molecule has 0 bridgehead atoms. The second-order valence-electron chi connectivity index (χ2n) is 4.88. The summed E-state index contributed by atoms with van der Waals surface area (Å²) in [5.74, 6) is -0.441. The van der Waals surface area contributed by atoms with Crippen LogP contribution in [0.15, 0.2) is 53.4 Å². The monoisotopic (exact) mass is 352 g/mol. The van der Waals surface area contributed by atoms with E-state index in [0.717, 1.165) is 12.0 Å². The van der Waals surface area contributed by atoms with Crippen LogP contribution < -0.4 is 10.0 Å². The molecular formula is C16H17ClN2O3S. The fourth-order valence-electron chi connectivity index (χ4n) is 1.95. The number of benzene rings is 2. The van der Waals surface area contributed by atoms with Gasteiger partial charge in [-0.05, 0) is 42.3 Å². The number of amides is 1. The van der Waals surface area contributed by atoms with Gasteiger partial charge in [0, 0.05) is 10.7 Å². The van der Waals surface area contributed by atoms with Crippen LogP contribution in [0.1, 0.15) is 12.5 Å². The highest BCUT2D eigenvalue weighted by molar-refractivity contribution is 7.89. The largest absolute Gasteiger partial charge is 0.325 e. The average molecular weight is 353 g/mol. The molecule has 5 nitrogen and oxygen atoms in total. The Labute approximate surface area is 140 Å². The Kier molecular flexibility index (Phi) is 5.76. The lowest BCUT2D eigenvalue weighted by atomic mass is 10.1. The molecule has 1 amide bonds. The maximum absolute atomic E-state index is 12.1. The van der Waals surface area contributed by atoms with Gasteiger partial charge in [-0.2, -0.15) is 0 Å². The van der Waals surface area contributed by atoms with Crippen molar-refractivity contribution < 1.29 is 13.2 Å². The van der Waals surface area contributed by atoms with Crippen LogP contribution in [-0.2, 0) is 21.2 Å². The molecule has 0 aliphatic carbocycles. The molecule has 7 heteroatoms. The number of carbonyl (C=O) groups excluding carboxylic acids is 1. The van der Waals surface area contributed by atoms with Crippen molar-refractivity contribution in [3.63, 3.8) is 0 Å². The molecule has 0 unspecified atom stereocenters. The summed E-state index contributed by atoms with van der Waals surface area (Å²) in [5, 5.41) is 2.97. The van der Waals surface area contributed by atoms with E-state index in [4.69, 9.17) is 11.6 Å². The summed E-state index contributed by atoms with van der Waals surface area (Å²) in [6, 6.07) is 13.2. The van der Waals surface area contributed by atoms with Crippen LogP contribution >= 0.6 is 11.6 Å². The molecule has 0 spiro atoms. The first-order valence-electron chi connectivity index (χ1n) is 7.05. The molecule has 2 N–H and O–H groups in total. The van der Waals surface area contributed by atoms with Crippen LogP contribution in [0.5, 0.6) is 0 Å². The molecule has 0 aliphatic heterocycles. The van der Waals surface area contributed by atoms with Crippen LogP contribution in [0.4, 0.5) is 5.69 Å². The topological polar surface area (TPSA) is 75.3 Å². The molecule has 2 aromatic rings. The Morgan fingerprint density at radius 2 is 1.87 bits per heavy atom. The molecule has 0 saturated heterocycles. The highest BCUT2D eigenvalue weighted by Gasteiger charge is 2.15. The second-order valence-corrected chi connectivity index (χ2v) is 7.09. The van der Waals surface area contributed by atoms with Crippen molar-refractivity contribution in [2.75, 3.05) is 11.9 Å². The fraction of sp³-hybridized carbons (Fsp3) is 0.188. The molecule has 2 rings (SSSR count). The van der Waals surface area contributed by atoms with Crippen LogP contribution in [0.2, 0.25) is 5.02 Å². The SMILES string of the molecule is CCc1cccc(NC(=O)CNS(=O)(=O)c2cccc(Cl)c2)c1. The predicted molar refractivity (Wildman–Crippen MR) is 91.1 cm³/mol. The zero-order valence-corrected chi connectivity index (χ0v) is 14.1. The van der Waals surface area contributed by atoms with E-state index in [1.165, 1.54) is 18.2 Å². The Balaban J connectivity index is 1.98. The van der Waals surface area contributed by atoms with Gasteiger partial charge in [-0.1, -0.05) is 36.7 Å². The van der Waals surface area contributed by atoms with Gasteiger partial charge in [0.2, 0.25) is 15.9 Å². The van der Waals surface area contributed by atoms with Gasteiger partial charge in [0.15, 0.2) is 0 Å². The zero-order chi connectivity index (χ0) is 16.9. The first kappa shape index (κ1) is 17.5. The molecule has 0 heterocycles. The first-order chi connectivity index (χ1) is 10.9. The average Bonchev–Trinajstić information content (AvgIpc) is 2.53. The van der Waals surface area contributed by atoms with Gasteiger partial charge in [-0.15, -0.1) is 0 Å². The third kappa shape index (κ3) is 5.06. The van der Waals surface area contributed by atoms with Crippen molar-refractivity contribution in [3.8, 4) is 0 Å². The summed E-state index contributed by atoms with van der Waals surface area (Å²) in [4.78, 5) is 11.9. The highest BCUT2D eigenvalue weighted by atomic mass is 35.5. The normalized spacial score (nSPS) is 11.2. The summed E-state index contributed by atoms with van der Waals surface area (Å²) in [5.41, 5.74) is 1.72. The van der Waals surface area contributed by atoms with Gasteiger partial charge < -0.3 is 5.32 Å². The van der Waals surface area contributed by atoms with Crippen molar-refractivity contribution in [1.82, 2.24) is 4.72 Å². The number of sulfonamides is 1. The maximum Gasteiger partial charge on any atom is 0.241 e. The number of carbonyl (C=O) groups is 1. The Hall–Kier alpha value is -1.89. The fourth-order valence-corrected chi connectivity index (χ4v) is 3.23. The Morgan fingerprint density at radius 3 is 2.57 bits per heavy atom. The van der Waals surface area contributed by atoms with E-state index in [1.54, 1.807) is 12.1 Å². The number of nitrogens with one attached hydrogen (secondary N) is 2. The quantitative estimate of drug-likeness (QED) is 0.839. The second kappa shape index (κ2) is 7.59. The van der Waals surface area contributed by atoms with Crippen LogP contribution in [0.3, 0.4) is 0 Å². The molecule has 2 aromatic carbocycles. The van der Waals surface area contributed by atoms with Crippen molar-refractivity contribution in [2.24, 2.45) is 0 Å². The first-order valence-corrected chi connectivity index (χ1v) is 8.91. The van der Waals surface area contributed by atoms with Crippen LogP contribution in [-0.4, -0.2) is 20.9 Å². The van der Waals surface area contributed by atoms with E-state index >= 15 is 0 Å². The number of rotatable bonds is 6.